The van der Waals surface area contributed by atoms with Crippen LogP contribution in [0.4, 0.5) is 10.5 Å². The van der Waals surface area contributed by atoms with Crippen molar-refractivity contribution in [2.45, 2.75) is 25.8 Å². The normalized spacial score (nSPS) is 13.9. The average Bonchev–Trinajstić information content (AvgIpc) is 3.36. The van der Waals surface area contributed by atoms with Gasteiger partial charge in [-0.2, -0.15) is 5.10 Å². The Morgan fingerprint density at radius 1 is 0.889 bits per heavy atom. The Bertz CT molecular complexity index is 1340. The van der Waals surface area contributed by atoms with Crippen molar-refractivity contribution in [2.75, 3.05) is 18.4 Å². The lowest BCUT2D eigenvalue weighted by Gasteiger charge is -2.32. The fourth-order valence-electron chi connectivity index (χ4n) is 4.47. The van der Waals surface area contributed by atoms with Gasteiger partial charge in [-0.15, -0.1) is 0 Å². The number of aryl methyl sites for hydroxylation is 1. The van der Waals surface area contributed by atoms with Gasteiger partial charge in [0.1, 0.15) is 5.69 Å². The topological polar surface area (TPSA) is 79.3 Å². The molecule has 36 heavy (non-hydrogen) atoms. The number of nitrogens with one attached hydrogen (secondary N) is 2. The fraction of sp³-hybridized carbons (Fsp3) is 0.207. The number of para-hydroxylation sites is 2. The van der Waals surface area contributed by atoms with Crippen molar-refractivity contribution in [2.24, 2.45) is 0 Å². The highest BCUT2D eigenvalue weighted by molar-refractivity contribution is 6.00. The summed E-state index contributed by atoms with van der Waals surface area (Å²) in [5.74, 6) is -0.152. The van der Waals surface area contributed by atoms with Gasteiger partial charge in [0, 0.05) is 36.6 Å². The summed E-state index contributed by atoms with van der Waals surface area (Å²) in [6.45, 7) is 3.19. The minimum Gasteiger partial charge on any atom is -0.349 e. The highest BCUT2D eigenvalue weighted by atomic mass is 16.2. The fourth-order valence-corrected chi connectivity index (χ4v) is 4.47. The smallest absolute Gasteiger partial charge is 0.321 e. The number of hydrogen-bond donors (Lipinski definition) is 2. The molecule has 1 saturated heterocycles. The number of rotatable bonds is 5. The summed E-state index contributed by atoms with van der Waals surface area (Å²) in [7, 11) is 0. The largest absolute Gasteiger partial charge is 0.349 e. The zero-order chi connectivity index (χ0) is 24.9. The van der Waals surface area contributed by atoms with Crippen molar-refractivity contribution in [3.63, 3.8) is 0 Å². The number of piperidine rings is 1. The Labute approximate surface area is 210 Å². The number of hydrogen-bond acceptors (Lipinski definition) is 3. The van der Waals surface area contributed by atoms with Gasteiger partial charge < -0.3 is 15.5 Å². The van der Waals surface area contributed by atoms with E-state index >= 15 is 0 Å². The molecule has 0 aliphatic carbocycles. The Hall–Kier alpha value is -4.39. The van der Waals surface area contributed by atoms with Gasteiger partial charge in [0.05, 0.1) is 11.3 Å². The molecule has 0 spiro atoms. The van der Waals surface area contributed by atoms with E-state index in [4.69, 9.17) is 5.10 Å². The van der Waals surface area contributed by atoms with Crippen molar-refractivity contribution in [1.29, 1.82) is 0 Å². The van der Waals surface area contributed by atoms with Crippen molar-refractivity contribution in [3.8, 4) is 16.9 Å². The van der Waals surface area contributed by atoms with Gasteiger partial charge in [-0.3, -0.25) is 4.79 Å². The molecule has 0 bridgehead atoms. The highest BCUT2D eigenvalue weighted by Gasteiger charge is 2.26. The van der Waals surface area contributed by atoms with Crippen LogP contribution in [0.2, 0.25) is 0 Å². The number of urea groups is 1. The number of likely N-dealkylation sites (tertiary alicyclic amines) is 1. The first-order valence-electron chi connectivity index (χ1n) is 12.2. The van der Waals surface area contributed by atoms with Crippen molar-refractivity contribution in [3.05, 3.63) is 102 Å². The van der Waals surface area contributed by atoms with Gasteiger partial charge >= 0.3 is 6.03 Å². The summed E-state index contributed by atoms with van der Waals surface area (Å²) in [6, 6.07) is 27.1. The van der Waals surface area contributed by atoms with Gasteiger partial charge in [0.15, 0.2) is 0 Å². The first kappa shape index (κ1) is 23.4. The number of amides is 3. The molecular formula is C29H29N5O2. The van der Waals surface area contributed by atoms with E-state index in [9.17, 15) is 9.59 Å². The molecule has 0 saturated carbocycles. The molecule has 1 fully saturated rings. The number of carbonyl (C=O) groups excluding carboxylic acids is 2. The maximum atomic E-state index is 13.4. The SMILES string of the molecule is Cc1cccc(-c2nn(-c3ccccc3)cc2C(=O)NC2CCN(C(=O)Nc3ccccc3)CC2)c1. The van der Waals surface area contributed by atoms with Crippen LogP contribution in [0.5, 0.6) is 0 Å². The predicted octanol–water partition coefficient (Wildman–Crippen LogP) is 5.27. The first-order valence-corrected chi connectivity index (χ1v) is 12.2. The molecule has 3 aromatic carbocycles. The Morgan fingerprint density at radius 2 is 1.58 bits per heavy atom. The van der Waals surface area contributed by atoms with Crippen LogP contribution in [0.25, 0.3) is 16.9 Å². The number of anilines is 1. The van der Waals surface area contributed by atoms with E-state index < -0.39 is 0 Å². The maximum Gasteiger partial charge on any atom is 0.321 e. The number of aromatic nitrogens is 2. The molecule has 0 unspecified atom stereocenters. The third-order valence-electron chi connectivity index (χ3n) is 6.41. The van der Waals surface area contributed by atoms with Crippen molar-refractivity contribution < 1.29 is 9.59 Å². The van der Waals surface area contributed by atoms with Crippen molar-refractivity contribution in [1.82, 2.24) is 20.0 Å². The molecule has 0 atom stereocenters. The van der Waals surface area contributed by atoms with Crippen LogP contribution < -0.4 is 10.6 Å². The lowest BCUT2D eigenvalue weighted by atomic mass is 10.0. The lowest BCUT2D eigenvalue weighted by Crippen LogP contribution is -2.47. The van der Waals surface area contributed by atoms with Gasteiger partial charge in [-0.1, -0.05) is 60.2 Å². The Kier molecular flexibility index (Phi) is 6.80. The van der Waals surface area contributed by atoms with Crippen LogP contribution in [0.15, 0.2) is 91.1 Å². The van der Waals surface area contributed by atoms with Crippen LogP contribution in [0.3, 0.4) is 0 Å². The molecule has 7 heteroatoms. The molecule has 4 aromatic rings. The van der Waals surface area contributed by atoms with E-state index in [-0.39, 0.29) is 18.0 Å². The molecule has 182 valence electrons. The maximum absolute atomic E-state index is 13.4. The van der Waals surface area contributed by atoms with E-state index in [1.54, 1.807) is 15.8 Å². The number of carbonyl (C=O) groups is 2. The first-order chi connectivity index (χ1) is 17.6. The predicted molar refractivity (Wildman–Crippen MR) is 141 cm³/mol. The molecule has 3 amide bonds. The highest BCUT2D eigenvalue weighted by Crippen LogP contribution is 2.25. The van der Waals surface area contributed by atoms with Crippen molar-refractivity contribution >= 4 is 17.6 Å². The van der Waals surface area contributed by atoms with Gasteiger partial charge in [-0.05, 0) is 50.1 Å². The summed E-state index contributed by atoms with van der Waals surface area (Å²) in [6.07, 6.45) is 3.19. The molecule has 1 aliphatic rings. The molecular weight excluding hydrogens is 450 g/mol. The minimum atomic E-state index is -0.152. The molecule has 1 aromatic heterocycles. The second-order valence-electron chi connectivity index (χ2n) is 9.07. The standard InChI is InChI=1S/C29H29N5O2/c1-21-9-8-10-22(19-21)27-26(20-34(32-27)25-13-6-3-7-14-25)28(35)30-24-15-17-33(18-16-24)29(36)31-23-11-4-2-5-12-23/h2-14,19-20,24H,15-18H2,1H3,(H,30,35)(H,31,36). The summed E-state index contributed by atoms with van der Waals surface area (Å²) in [5, 5.41) is 10.9. The number of nitrogens with zero attached hydrogens (tertiary/aromatic N) is 3. The van der Waals surface area contributed by atoms with Crippen LogP contribution in [0.1, 0.15) is 28.8 Å². The second-order valence-corrected chi connectivity index (χ2v) is 9.07. The van der Waals surface area contributed by atoms with E-state index in [2.05, 4.69) is 10.6 Å². The van der Waals surface area contributed by atoms with E-state index in [0.29, 0.717) is 37.2 Å². The molecule has 1 aliphatic heterocycles. The zero-order valence-electron chi connectivity index (χ0n) is 20.2. The molecule has 5 rings (SSSR count). The van der Waals surface area contributed by atoms with Gasteiger partial charge in [0.25, 0.3) is 5.91 Å². The quantitative estimate of drug-likeness (QED) is 0.409. The summed E-state index contributed by atoms with van der Waals surface area (Å²) < 4.78 is 1.75. The van der Waals surface area contributed by atoms with Crippen LogP contribution in [-0.2, 0) is 0 Å². The summed E-state index contributed by atoms with van der Waals surface area (Å²) in [5.41, 5.74) is 4.87. The third-order valence-corrected chi connectivity index (χ3v) is 6.41. The summed E-state index contributed by atoms with van der Waals surface area (Å²) >= 11 is 0. The minimum absolute atomic E-state index is 0.0105. The van der Waals surface area contributed by atoms with Crippen LogP contribution in [-0.4, -0.2) is 45.8 Å². The zero-order valence-corrected chi connectivity index (χ0v) is 20.2. The Balaban J connectivity index is 1.29. The van der Waals surface area contributed by atoms with E-state index in [1.165, 1.54) is 0 Å². The van der Waals surface area contributed by atoms with Gasteiger partial charge in [0.2, 0.25) is 0 Å². The Morgan fingerprint density at radius 3 is 2.28 bits per heavy atom. The van der Waals surface area contributed by atoms with E-state index in [1.807, 2.05) is 91.9 Å². The second kappa shape index (κ2) is 10.5. The monoisotopic (exact) mass is 479 g/mol. The third kappa shape index (κ3) is 5.30. The summed E-state index contributed by atoms with van der Waals surface area (Å²) in [4.78, 5) is 27.8. The van der Waals surface area contributed by atoms with Crippen LogP contribution >= 0.6 is 0 Å². The number of benzene rings is 3. The molecule has 7 nitrogen and oxygen atoms in total. The average molecular weight is 480 g/mol. The molecule has 2 heterocycles. The lowest BCUT2D eigenvalue weighted by molar-refractivity contribution is 0.0920. The molecule has 2 N–H and O–H groups in total. The van der Waals surface area contributed by atoms with Crippen LogP contribution in [0, 0.1) is 6.92 Å². The van der Waals surface area contributed by atoms with E-state index in [0.717, 1.165) is 22.5 Å². The van der Waals surface area contributed by atoms with Gasteiger partial charge in [-0.25, -0.2) is 9.48 Å². The molecule has 0 radical (unpaired) electrons.